The Bertz CT molecular complexity index is 1260. The minimum atomic E-state index is -3.85. The summed E-state index contributed by atoms with van der Waals surface area (Å²) < 4.78 is 44.7. The zero-order valence-corrected chi connectivity index (χ0v) is 21.8. The van der Waals surface area contributed by atoms with Gasteiger partial charge in [0.05, 0.1) is 32.7 Å². The first-order valence-corrected chi connectivity index (χ1v) is 12.7. The van der Waals surface area contributed by atoms with Gasteiger partial charge in [-0.25, -0.2) is 13.4 Å². The number of pyridine rings is 1. The Balaban J connectivity index is 2.24. The topological polar surface area (TPSA) is 126 Å². The summed E-state index contributed by atoms with van der Waals surface area (Å²) in [6, 6.07) is 10.4. The maximum absolute atomic E-state index is 13.4. The summed E-state index contributed by atoms with van der Waals surface area (Å²) in [5, 5.41) is 18.1. The molecule has 35 heavy (non-hydrogen) atoms. The number of sulfone groups is 1. The van der Waals surface area contributed by atoms with Crippen LogP contribution in [-0.2, 0) is 15.6 Å². The second-order valence-corrected chi connectivity index (χ2v) is 11.5. The van der Waals surface area contributed by atoms with E-state index < -0.39 is 32.4 Å². The van der Waals surface area contributed by atoms with Crippen molar-refractivity contribution >= 4 is 9.84 Å². The fraction of sp³-hybridized carbons (Fsp3) is 0.458. The molecule has 2 atom stereocenters. The molecule has 2 heterocycles. The SMILES string of the molecule is COc1cccc(-c2nnc(CS(=O)(=O)[C@H](C)[C@@H](O)C(C)(C)C)n2-c2c(OC)cccc2OC)n1. The van der Waals surface area contributed by atoms with Crippen molar-refractivity contribution in [3.05, 3.63) is 42.2 Å². The van der Waals surface area contributed by atoms with E-state index in [4.69, 9.17) is 14.2 Å². The number of benzene rings is 1. The molecule has 11 heteroatoms. The van der Waals surface area contributed by atoms with Gasteiger partial charge >= 0.3 is 0 Å². The van der Waals surface area contributed by atoms with Crippen molar-refractivity contribution in [1.82, 2.24) is 19.7 Å². The third kappa shape index (κ3) is 5.40. The molecule has 2 aromatic heterocycles. The molecule has 10 nitrogen and oxygen atoms in total. The minimum Gasteiger partial charge on any atom is -0.494 e. The van der Waals surface area contributed by atoms with Crippen molar-refractivity contribution in [2.45, 2.75) is 44.8 Å². The molecule has 0 saturated carbocycles. The second kappa shape index (κ2) is 10.2. The number of rotatable bonds is 9. The lowest BCUT2D eigenvalue weighted by molar-refractivity contribution is 0.0626. The van der Waals surface area contributed by atoms with Crippen LogP contribution in [-0.4, -0.2) is 66.0 Å². The van der Waals surface area contributed by atoms with E-state index in [1.54, 1.807) is 61.7 Å². The summed E-state index contributed by atoms with van der Waals surface area (Å²) >= 11 is 0. The van der Waals surface area contributed by atoms with Gasteiger partial charge in [-0.3, -0.25) is 4.57 Å². The van der Waals surface area contributed by atoms with Gasteiger partial charge in [-0.05, 0) is 30.5 Å². The van der Waals surface area contributed by atoms with Crippen LogP contribution in [0, 0.1) is 5.41 Å². The molecule has 0 fully saturated rings. The van der Waals surface area contributed by atoms with Gasteiger partial charge in [-0.2, -0.15) is 0 Å². The Morgan fingerprint density at radius 2 is 1.57 bits per heavy atom. The Labute approximate surface area is 205 Å². The minimum absolute atomic E-state index is 0.125. The Morgan fingerprint density at radius 1 is 0.971 bits per heavy atom. The van der Waals surface area contributed by atoms with Gasteiger partial charge in [0.25, 0.3) is 0 Å². The molecule has 0 spiro atoms. The van der Waals surface area contributed by atoms with E-state index in [-0.39, 0.29) is 11.6 Å². The number of aromatic nitrogens is 4. The third-order valence-corrected chi connectivity index (χ3v) is 7.80. The summed E-state index contributed by atoms with van der Waals surface area (Å²) in [6.45, 7) is 6.87. The van der Waals surface area contributed by atoms with Crippen molar-refractivity contribution < 1.29 is 27.7 Å². The molecular weight excluding hydrogens is 472 g/mol. The highest BCUT2D eigenvalue weighted by Crippen LogP contribution is 2.37. The Kier molecular flexibility index (Phi) is 7.71. The summed E-state index contributed by atoms with van der Waals surface area (Å²) in [5.74, 6) is 1.14. The molecule has 0 aliphatic carbocycles. The molecule has 0 aliphatic rings. The highest BCUT2D eigenvalue weighted by atomic mass is 32.2. The maximum Gasteiger partial charge on any atom is 0.213 e. The summed E-state index contributed by atoms with van der Waals surface area (Å²) in [7, 11) is 0.661. The third-order valence-electron chi connectivity index (χ3n) is 5.75. The first-order valence-electron chi connectivity index (χ1n) is 11.0. The van der Waals surface area contributed by atoms with Gasteiger partial charge in [0.1, 0.15) is 28.6 Å². The fourth-order valence-corrected chi connectivity index (χ4v) is 5.34. The van der Waals surface area contributed by atoms with Crippen molar-refractivity contribution in [2.75, 3.05) is 21.3 Å². The molecule has 0 aliphatic heterocycles. The van der Waals surface area contributed by atoms with Gasteiger partial charge in [0.2, 0.25) is 5.88 Å². The summed E-state index contributed by atoms with van der Waals surface area (Å²) in [4.78, 5) is 4.45. The molecular formula is C24H32N4O6S. The van der Waals surface area contributed by atoms with Gasteiger partial charge in [0.15, 0.2) is 21.5 Å². The van der Waals surface area contributed by atoms with Crippen molar-refractivity contribution in [2.24, 2.45) is 5.41 Å². The van der Waals surface area contributed by atoms with E-state index >= 15 is 0 Å². The summed E-state index contributed by atoms with van der Waals surface area (Å²) in [6.07, 6.45) is -1.08. The number of para-hydroxylation sites is 1. The van der Waals surface area contributed by atoms with Crippen LogP contribution in [0.4, 0.5) is 0 Å². The van der Waals surface area contributed by atoms with E-state index in [2.05, 4.69) is 15.2 Å². The highest BCUT2D eigenvalue weighted by Gasteiger charge is 2.37. The predicted octanol–water partition coefficient (Wildman–Crippen LogP) is 3.07. The number of ether oxygens (including phenoxy) is 3. The first-order chi connectivity index (χ1) is 16.4. The lowest BCUT2D eigenvalue weighted by Gasteiger charge is -2.30. The van der Waals surface area contributed by atoms with Crippen LogP contribution in [0.15, 0.2) is 36.4 Å². The predicted molar refractivity (Wildman–Crippen MR) is 132 cm³/mol. The lowest BCUT2D eigenvalue weighted by Crippen LogP contribution is -2.41. The first kappa shape index (κ1) is 26.4. The van der Waals surface area contributed by atoms with Crippen LogP contribution >= 0.6 is 0 Å². The number of hydrogen-bond donors (Lipinski definition) is 1. The van der Waals surface area contributed by atoms with Crippen LogP contribution < -0.4 is 14.2 Å². The van der Waals surface area contributed by atoms with E-state index in [0.717, 1.165) is 0 Å². The number of aliphatic hydroxyl groups excluding tert-OH is 1. The molecule has 1 aromatic carbocycles. The van der Waals surface area contributed by atoms with Crippen LogP contribution in [0.3, 0.4) is 0 Å². The molecule has 0 unspecified atom stereocenters. The molecule has 190 valence electrons. The van der Waals surface area contributed by atoms with E-state index in [1.165, 1.54) is 28.3 Å². The molecule has 0 bridgehead atoms. The van der Waals surface area contributed by atoms with Crippen LogP contribution in [0.25, 0.3) is 17.2 Å². The number of aliphatic hydroxyl groups is 1. The Hall–Kier alpha value is -3.18. The molecule has 3 aromatic rings. The molecule has 0 saturated heterocycles. The molecule has 3 rings (SSSR count). The zero-order chi connectivity index (χ0) is 26.0. The number of methoxy groups -OCH3 is 3. The van der Waals surface area contributed by atoms with Crippen molar-refractivity contribution in [1.29, 1.82) is 0 Å². The average molecular weight is 505 g/mol. The normalized spacial score (nSPS) is 13.8. The number of hydrogen-bond acceptors (Lipinski definition) is 9. The highest BCUT2D eigenvalue weighted by molar-refractivity contribution is 7.91. The number of nitrogens with zero attached hydrogens (tertiary/aromatic N) is 4. The van der Waals surface area contributed by atoms with E-state index in [1.807, 2.05) is 0 Å². The van der Waals surface area contributed by atoms with Gasteiger partial charge in [0, 0.05) is 6.07 Å². The van der Waals surface area contributed by atoms with Gasteiger partial charge in [-0.1, -0.05) is 32.9 Å². The molecule has 1 N–H and O–H groups in total. The smallest absolute Gasteiger partial charge is 0.213 e. The second-order valence-electron chi connectivity index (χ2n) is 9.17. The standard InChI is InChI=1S/C24H32N4O6S/c1-15(22(29)24(2,3)4)35(30,31)14-19-26-27-23(16-10-8-13-20(25-16)34-7)28(19)21-17(32-5)11-9-12-18(21)33-6/h8-13,15,22,29H,14H2,1-7H3/t15-,22-/m1/s1. The van der Waals surface area contributed by atoms with E-state index in [0.29, 0.717) is 28.8 Å². The Morgan fingerprint density at radius 3 is 2.11 bits per heavy atom. The van der Waals surface area contributed by atoms with Crippen molar-refractivity contribution in [3.63, 3.8) is 0 Å². The average Bonchev–Trinajstić information content (AvgIpc) is 3.23. The van der Waals surface area contributed by atoms with Crippen LogP contribution in [0.5, 0.6) is 17.4 Å². The van der Waals surface area contributed by atoms with Crippen molar-refractivity contribution in [3.8, 4) is 34.6 Å². The lowest BCUT2D eigenvalue weighted by atomic mass is 9.87. The maximum atomic E-state index is 13.4. The zero-order valence-electron chi connectivity index (χ0n) is 21.0. The van der Waals surface area contributed by atoms with Crippen LogP contribution in [0.1, 0.15) is 33.5 Å². The fourth-order valence-electron chi connectivity index (χ4n) is 3.73. The molecule has 0 radical (unpaired) electrons. The van der Waals surface area contributed by atoms with Gasteiger partial charge < -0.3 is 19.3 Å². The monoisotopic (exact) mass is 504 g/mol. The van der Waals surface area contributed by atoms with Crippen LogP contribution in [0.2, 0.25) is 0 Å². The van der Waals surface area contributed by atoms with Gasteiger partial charge in [-0.15, -0.1) is 10.2 Å². The largest absolute Gasteiger partial charge is 0.494 e. The summed E-state index contributed by atoms with van der Waals surface area (Å²) in [5.41, 5.74) is 0.217. The quantitative estimate of drug-likeness (QED) is 0.468. The van der Waals surface area contributed by atoms with E-state index in [9.17, 15) is 13.5 Å². The molecule has 0 amide bonds.